The fourth-order valence-electron chi connectivity index (χ4n) is 10.3. The Balaban J connectivity index is 1.89. The number of anilines is 1. The molecule has 14 amide bonds. The normalized spacial score (nSPS) is 21.9. The van der Waals surface area contributed by atoms with Gasteiger partial charge in [0.15, 0.2) is 11.8 Å². The number of cyclic esters (lactones) is 1. The molecule has 1 saturated heterocycles. The van der Waals surface area contributed by atoms with E-state index < -0.39 is 261 Å². The molecule has 1 fully saturated rings. The monoisotopic (exact) mass is 1510 g/mol. The Morgan fingerprint density at radius 1 is 0.589 bits per heavy atom. The lowest BCUT2D eigenvalue weighted by atomic mass is 9.95. The highest BCUT2D eigenvalue weighted by atomic mass is 16.5. The number of aliphatic hydroxyl groups is 1. The van der Waals surface area contributed by atoms with Crippen LogP contribution in [0.1, 0.15) is 95.0 Å². The van der Waals surface area contributed by atoms with Crippen LogP contribution in [-0.2, 0) is 102 Å². The number of benzene rings is 2. The van der Waals surface area contributed by atoms with Crippen LogP contribution < -0.4 is 86.3 Å². The van der Waals surface area contributed by atoms with Crippen molar-refractivity contribution in [2.75, 3.05) is 32.0 Å². The van der Waals surface area contributed by atoms with E-state index in [1.54, 1.807) is 30.5 Å². The number of rotatable bonds is 27. The van der Waals surface area contributed by atoms with Gasteiger partial charge in [-0.2, -0.15) is 0 Å². The Morgan fingerprint density at radius 3 is 1.71 bits per heavy atom. The maximum atomic E-state index is 14.8. The highest BCUT2D eigenvalue weighted by Gasteiger charge is 2.42. The number of para-hydroxylation sites is 2. The van der Waals surface area contributed by atoms with Crippen LogP contribution in [0.3, 0.4) is 0 Å². The lowest BCUT2D eigenvalue weighted by Gasteiger charge is -2.30. The van der Waals surface area contributed by atoms with Gasteiger partial charge in [-0.15, -0.1) is 0 Å². The van der Waals surface area contributed by atoms with E-state index in [9.17, 15) is 121 Å². The number of aliphatic carboxylic acids is 4. The number of nitrogens with one attached hydrogen (secondary N) is 14. The van der Waals surface area contributed by atoms with Crippen molar-refractivity contribution in [3.63, 3.8) is 0 Å². The van der Waals surface area contributed by atoms with E-state index in [1.807, 2.05) is 26.6 Å². The molecule has 43 heteroatoms. The molecule has 43 nitrogen and oxygen atoms in total. The number of carboxylic acid groups (broad SMARTS) is 4. The van der Waals surface area contributed by atoms with E-state index in [1.165, 1.54) is 19.1 Å². The minimum absolute atomic E-state index is 0.0989. The van der Waals surface area contributed by atoms with Crippen molar-refractivity contribution in [2.45, 2.75) is 158 Å². The summed E-state index contributed by atoms with van der Waals surface area (Å²) in [5.41, 5.74) is 17.5. The molecule has 25 N–H and O–H groups in total. The number of ether oxygens (including phenoxy) is 1. The summed E-state index contributed by atoms with van der Waals surface area (Å²) in [4.78, 5) is 274. The quantitative estimate of drug-likeness (QED) is 0.0146. The average Bonchev–Trinajstić information content (AvgIpc) is 1.81. The Hall–Kier alpha value is -12.7. The number of Topliss-reactive ketones (excluding diaryl/α,β-unsaturated/α-hetero) is 1. The molecule has 1 aliphatic rings. The first-order valence-corrected chi connectivity index (χ1v) is 32.9. The summed E-state index contributed by atoms with van der Waals surface area (Å²) in [5.74, 6) is -30.8. The van der Waals surface area contributed by atoms with Crippen LogP contribution in [0.15, 0.2) is 54.7 Å². The molecular formula is C64H85N17O26. The molecule has 2 heterocycles. The molecule has 0 aliphatic carbocycles. The number of hydrogen-bond acceptors (Lipinski definition) is 24. The number of ketones is 1. The summed E-state index contributed by atoms with van der Waals surface area (Å²) in [6, 6.07) is -11.6. The number of aromatic amines is 1. The van der Waals surface area contributed by atoms with Crippen molar-refractivity contribution in [3.8, 4) is 0 Å². The van der Waals surface area contributed by atoms with Gasteiger partial charge in [-0.25, -0.2) is 4.79 Å². The predicted molar refractivity (Wildman–Crippen MR) is 363 cm³/mol. The van der Waals surface area contributed by atoms with Gasteiger partial charge in [0.1, 0.15) is 66.5 Å². The molecule has 2 aromatic carbocycles. The number of nitrogens with two attached hydrogens (primary N) is 3. The van der Waals surface area contributed by atoms with Crippen LogP contribution in [0.2, 0.25) is 0 Å². The van der Waals surface area contributed by atoms with E-state index >= 15 is 0 Å². The third-order valence-electron chi connectivity index (χ3n) is 15.9. The van der Waals surface area contributed by atoms with Crippen molar-refractivity contribution in [1.29, 1.82) is 0 Å². The smallest absolute Gasteiger partial charge is 0.337 e. The molecule has 0 saturated carbocycles. The fourth-order valence-corrected chi connectivity index (χ4v) is 10.3. The molecule has 13 atom stereocenters. The maximum absolute atomic E-state index is 14.8. The third kappa shape index (κ3) is 27.5. The predicted octanol–water partition coefficient (Wildman–Crippen LogP) is -8.74. The number of carboxylic acids is 4. The van der Waals surface area contributed by atoms with Gasteiger partial charge >= 0.3 is 29.8 Å². The van der Waals surface area contributed by atoms with Crippen LogP contribution in [0.4, 0.5) is 5.69 Å². The second kappa shape index (κ2) is 41.6. The average molecular weight is 1510 g/mol. The number of amides is 14. The van der Waals surface area contributed by atoms with Crippen LogP contribution in [0, 0.1) is 5.92 Å². The standard InChI is InChI=1S/C64H85N17O26/c1-5-43(84)73-36(18-30-23-68-34-14-9-7-11-31(30)34)58(100)76-37(19-42(67)83)59(101)78-40(22-49(93)94)60(102)80-51-29(4)107-64(106)52(53(95)32-12-6-8-13-33(32)66)81-63(105)50(27(2)17-46(87)88)79-61(103)41(26-82)74-45(86)24-69-55(97)38(20-47(89)90)75-54(96)28(3)71-57(99)39(21-48(91)92)77-56(98)35(15-10-16-65)72-44(85)25-70-62(51)104/h6-9,11-14,23,27-29,35-41,50-52,68,82H,5,10,15-22,24-26,65-66H2,1-4H3,(H2,67,83)(H,69,97)(H,70,104)(H,71,99)(H,72,85)(H,73,84)(H,74,86)(H,75,96)(H,76,100)(H,77,98)(H,78,101)(H,79,103)(H,80,102)(H,81,105)(H,87,88)(H,89,90)(H,91,92)(H,93,94)/t27?,28-,29-,35+,36+,37-,38+,39+,40+,41-,50+,51+,52?/m1/s1. The Bertz CT molecular complexity index is 3880. The summed E-state index contributed by atoms with van der Waals surface area (Å²) in [6.07, 6.45) is -7.45. The minimum Gasteiger partial charge on any atom is -0.481 e. The number of H-pyrrole nitrogens is 1. The van der Waals surface area contributed by atoms with Gasteiger partial charge in [-0.3, -0.25) is 91.1 Å². The van der Waals surface area contributed by atoms with Crippen LogP contribution in [0.5, 0.6) is 0 Å². The number of fused-ring (bicyclic) bond motifs is 1. The van der Waals surface area contributed by atoms with Gasteiger partial charge in [0.2, 0.25) is 82.7 Å². The zero-order valence-electron chi connectivity index (χ0n) is 57.9. The SMILES string of the molecule is CCC(=O)N[C@@H](Cc1c[nH]c2ccccc12)C(=O)N[C@H](CC(N)=O)C(=O)N[C@@H](CC(=O)O)C(=O)N[C@@H]1C(=O)NCC(=O)N[C@@H](CCCN)C(=O)N[C@@H](CC(=O)O)C(=O)N[C@H](C)C(=O)N[C@@H](CC(=O)O)C(=O)NCC(=O)N[C@H](CO)C(=O)N[C@@H](C(C)CC(=O)O)C(=O)NC(C(=O)c2ccccc2N)C(=O)O[C@@H]1C. The second-order valence-corrected chi connectivity index (χ2v) is 24.3. The first-order valence-electron chi connectivity index (χ1n) is 32.9. The maximum Gasteiger partial charge on any atom is 0.337 e. The Morgan fingerprint density at radius 2 is 1.13 bits per heavy atom. The fraction of sp³-hybridized carbons (Fsp3) is 0.469. The molecule has 1 aromatic heterocycles. The number of aliphatic hydroxyl groups excluding tert-OH is 1. The number of nitrogen functional groups attached to an aromatic ring is 1. The lowest BCUT2D eigenvalue weighted by molar-refractivity contribution is -0.155. The van der Waals surface area contributed by atoms with Crippen LogP contribution in [-0.4, -0.2) is 248 Å². The van der Waals surface area contributed by atoms with Crippen molar-refractivity contribution in [3.05, 3.63) is 65.9 Å². The highest BCUT2D eigenvalue weighted by molar-refractivity contribution is 6.16. The van der Waals surface area contributed by atoms with Gasteiger partial charge in [0, 0.05) is 41.2 Å². The lowest BCUT2D eigenvalue weighted by Crippen LogP contribution is -2.62. The summed E-state index contributed by atoms with van der Waals surface area (Å²) < 4.78 is 5.58. The van der Waals surface area contributed by atoms with Gasteiger partial charge in [0.05, 0.1) is 51.8 Å². The molecule has 0 radical (unpaired) electrons. The molecule has 4 rings (SSSR count). The largest absolute Gasteiger partial charge is 0.481 e. The van der Waals surface area contributed by atoms with Gasteiger partial charge in [-0.05, 0) is 62.9 Å². The first kappa shape index (κ1) is 86.7. The molecule has 582 valence electrons. The molecule has 0 spiro atoms. The van der Waals surface area contributed by atoms with E-state index in [0.29, 0.717) is 16.5 Å². The van der Waals surface area contributed by atoms with Gasteiger partial charge < -0.3 is 122 Å². The zero-order chi connectivity index (χ0) is 80.1. The zero-order valence-corrected chi connectivity index (χ0v) is 57.9. The van der Waals surface area contributed by atoms with E-state index in [2.05, 4.69) is 47.5 Å². The van der Waals surface area contributed by atoms with E-state index in [-0.39, 0.29) is 31.5 Å². The molecular weight excluding hydrogens is 1420 g/mol. The summed E-state index contributed by atoms with van der Waals surface area (Å²) in [6.45, 7) is 0.382. The van der Waals surface area contributed by atoms with Gasteiger partial charge in [-0.1, -0.05) is 44.2 Å². The number of carbonyl (C=O) groups excluding carboxylic acids is 16. The van der Waals surface area contributed by atoms with E-state index in [0.717, 1.165) is 32.9 Å². The molecule has 107 heavy (non-hydrogen) atoms. The summed E-state index contributed by atoms with van der Waals surface area (Å²) in [7, 11) is 0. The number of esters is 1. The number of primary amides is 1. The van der Waals surface area contributed by atoms with Crippen molar-refractivity contribution in [2.24, 2.45) is 17.4 Å². The van der Waals surface area contributed by atoms with E-state index in [4.69, 9.17) is 21.9 Å². The Labute approximate surface area is 606 Å². The third-order valence-corrected chi connectivity index (χ3v) is 15.9. The molecule has 1 aliphatic heterocycles. The van der Waals surface area contributed by atoms with Gasteiger partial charge in [0.25, 0.3) is 0 Å². The molecule has 2 unspecified atom stereocenters. The summed E-state index contributed by atoms with van der Waals surface area (Å²) >= 11 is 0. The topological polar surface area (TPSA) is 702 Å². The molecule has 0 bridgehead atoms. The second-order valence-electron chi connectivity index (χ2n) is 24.3. The molecule has 3 aromatic rings. The number of hydrogen-bond donors (Lipinski definition) is 22. The number of aromatic nitrogens is 1. The van der Waals surface area contributed by atoms with Crippen LogP contribution >= 0.6 is 0 Å². The first-order chi connectivity index (χ1) is 50.4. The minimum atomic E-state index is -2.71. The Kier molecular flexibility index (Phi) is 33.7. The van der Waals surface area contributed by atoms with Crippen molar-refractivity contribution >= 4 is 135 Å². The highest BCUT2D eigenvalue weighted by Crippen LogP contribution is 2.21. The number of carbonyl (C=O) groups is 20. The van der Waals surface area contributed by atoms with Crippen LogP contribution in [0.25, 0.3) is 10.9 Å². The van der Waals surface area contributed by atoms with Crippen molar-refractivity contribution < 1.29 is 126 Å². The summed E-state index contributed by atoms with van der Waals surface area (Å²) in [5, 5.41) is 77.6. The van der Waals surface area contributed by atoms with Crippen molar-refractivity contribution in [1.82, 2.24) is 74.1 Å².